The van der Waals surface area contributed by atoms with Crippen LogP contribution in [0.4, 0.5) is 0 Å². The van der Waals surface area contributed by atoms with E-state index in [4.69, 9.17) is 4.74 Å². The Bertz CT molecular complexity index is 1100. The number of hydrogen-bond donors (Lipinski definition) is 2. The second-order valence-electron chi connectivity index (χ2n) is 7.89. The Morgan fingerprint density at radius 1 is 1.00 bits per heavy atom. The summed E-state index contributed by atoms with van der Waals surface area (Å²) in [5, 5.41) is 10.3. The first-order valence-corrected chi connectivity index (χ1v) is 13.0. The van der Waals surface area contributed by atoms with Crippen molar-refractivity contribution in [2.24, 2.45) is 0 Å². The number of benzene rings is 2. The van der Waals surface area contributed by atoms with Gasteiger partial charge in [-0.2, -0.15) is 0 Å². The van der Waals surface area contributed by atoms with Gasteiger partial charge in [0.2, 0.25) is 10.0 Å². The van der Waals surface area contributed by atoms with Crippen LogP contribution in [-0.4, -0.2) is 62.3 Å². The molecule has 2 aromatic rings. The molecule has 0 spiro atoms. The van der Waals surface area contributed by atoms with Gasteiger partial charge in [-0.25, -0.2) is 13.1 Å². The Labute approximate surface area is 206 Å². The van der Waals surface area contributed by atoms with Crippen LogP contribution in [0.25, 0.3) is 0 Å². The summed E-state index contributed by atoms with van der Waals surface area (Å²) in [7, 11) is -4.03. The summed E-state index contributed by atoms with van der Waals surface area (Å²) in [5.74, 6) is -1.63. The van der Waals surface area contributed by atoms with Gasteiger partial charge in [0.15, 0.2) is 12.4 Å². The van der Waals surface area contributed by atoms with Gasteiger partial charge in [0.25, 0.3) is 5.91 Å². The van der Waals surface area contributed by atoms with Crippen LogP contribution in [0.2, 0.25) is 0 Å². The minimum Gasteiger partial charge on any atom is -0.456 e. The van der Waals surface area contributed by atoms with Crippen LogP contribution in [-0.2, 0) is 24.3 Å². The van der Waals surface area contributed by atoms with Crippen molar-refractivity contribution in [3.63, 3.8) is 0 Å². The van der Waals surface area contributed by atoms with Gasteiger partial charge in [-0.1, -0.05) is 56.3 Å². The molecular weight excluding hydrogens is 472 g/mol. The smallest absolute Gasteiger partial charge is 0.307 e. The van der Waals surface area contributed by atoms with E-state index in [2.05, 4.69) is 4.72 Å². The molecule has 0 aliphatic heterocycles. The number of carbonyl (C=O) groups excluding carboxylic acids is 3. The number of esters is 1. The summed E-state index contributed by atoms with van der Waals surface area (Å²) in [4.78, 5) is 38.2. The van der Waals surface area contributed by atoms with Gasteiger partial charge in [0, 0.05) is 25.2 Å². The summed E-state index contributed by atoms with van der Waals surface area (Å²) in [5.41, 5.74) is 0.430. The number of ketones is 1. The van der Waals surface area contributed by atoms with Crippen molar-refractivity contribution < 1.29 is 32.6 Å². The molecule has 0 aliphatic carbocycles. The fraction of sp³-hybridized carbons (Fsp3) is 0.400. The number of nitrogens with zero attached hydrogens (tertiary/aromatic N) is 1. The maximum atomic E-state index is 12.6. The van der Waals surface area contributed by atoms with Crippen molar-refractivity contribution in [3.8, 4) is 0 Å². The lowest BCUT2D eigenvalue weighted by molar-refractivity contribution is -0.151. The summed E-state index contributed by atoms with van der Waals surface area (Å²) in [6.07, 6.45) is -0.108. The topological polar surface area (TPSA) is 130 Å². The molecule has 0 aliphatic rings. The van der Waals surface area contributed by atoms with Gasteiger partial charge >= 0.3 is 5.97 Å². The highest BCUT2D eigenvalue weighted by Crippen LogP contribution is 2.20. The van der Waals surface area contributed by atoms with Gasteiger partial charge in [0.05, 0.1) is 11.3 Å². The lowest BCUT2D eigenvalue weighted by Crippen LogP contribution is -2.36. The van der Waals surface area contributed by atoms with Crippen LogP contribution in [0.3, 0.4) is 0 Å². The normalized spacial score (nSPS) is 12.1. The molecule has 0 saturated heterocycles. The quantitative estimate of drug-likeness (QED) is 0.299. The first kappa shape index (κ1) is 28.2. The van der Waals surface area contributed by atoms with Crippen LogP contribution in [0.1, 0.15) is 55.1 Å². The fourth-order valence-electron chi connectivity index (χ4n) is 3.34. The molecule has 10 heteroatoms. The molecule has 2 rings (SSSR count). The zero-order valence-electron chi connectivity index (χ0n) is 20.0. The number of aliphatic hydroxyl groups excluding tert-OH is 1. The first-order valence-electron chi connectivity index (χ1n) is 11.5. The summed E-state index contributed by atoms with van der Waals surface area (Å²) in [6, 6.07) is 13.6. The molecule has 0 aromatic heterocycles. The summed E-state index contributed by atoms with van der Waals surface area (Å²) >= 11 is 0. The lowest BCUT2D eigenvalue weighted by atomic mass is 10.0. The van der Waals surface area contributed by atoms with E-state index in [0.717, 1.165) is 12.8 Å². The maximum Gasteiger partial charge on any atom is 0.307 e. The molecule has 190 valence electrons. The van der Waals surface area contributed by atoms with E-state index in [1.807, 2.05) is 13.8 Å². The lowest BCUT2D eigenvalue weighted by Gasteiger charge is -2.21. The third kappa shape index (κ3) is 8.57. The number of hydrogen-bond acceptors (Lipinski definition) is 7. The predicted octanol–water partition coefficient (Wildman–Crippen LogP) is 2.46. The van der Waals surface area contributed by atoms with Crippen molar-refractivity contribution >= 4 is 27.7 Å². The Morgan fingerprint density at radius 2 is 1.66 bits per heavy atom. The molecule has 1 amide bonds. The van der Waals surface area contributed by atoms with E-state index in [-0.39, 0.29) is 35.9 Å². The monoisotopic (exact) mass is 504 g/mol. The predicted molar refractivity (Wildman–Crippen MR) is 130 cm³/mol. The molecule has 0 heterocycles. The number of amides is 1. The number of aliphatic hydroxyl groups is 1. The number of ether oxygens (including phenoxy) is 1. The van der Waals surface area contributed by atoms with Gasteiger partial charge < -0.3 is 14.7 Å². The van der Waals surface area contributed by atoms with Crippen LogP contribution >= 0.6 is 0 Å². The molecule has 2 aromatic carbocycles. The third-order valence-corrected chi connectivity index (χ3v) is 6.57. The van der Waals surface area contributed by atoms with Crippen molar-refractivity contribution in [1.29, 1.82) is 0 Å². The van der Waals surface area contributed by atoms with E-state index < -0.39 is 27.9 Å². The highest BCUT2D eigenvalue weighted by Gasteiger charge is 2.22. The standard InChI is InChI=1S/C25H32N2O7S/c1-3-15-27(16-4-2)22(28)18-34-23(29)13-14-26-35(32,33)21-12-8-11-20(17-21)25(31)24(30)19-9-6-5-7-10-19/h5-12,17,24,26,30H,3-4,13-16,18H2,1-2H3. The molecule has 9 nitrogen and oxygen atoms in total. The second-order valence-corrected chi connectivity index (χ2v) is 9.66. The Balaban J connectivity index is 1.91. The average Bonchev–Trinajstić information content (AvgIpc) is 2.86. The second kappa shape index (κ2) is 13.7. The van der Waals surface area contributed by atoms with Crippen molar-refractivity contribution in [1.82, 2.24) is 9.62 Å². The van der Waals surface area contributed by atoms with Gasteiger partial charge in [-0.15, -0.1) is 0 Å². The van der Waals surface area contributed by atoms with E-state index in [0.29, 0.717) is 18.7 Å². The van der Waals surface area contributed by atoms with Crippen molar-refractivity contribution in [2.75, 3.05) is 26.2 Å². The number of carbonyl (C=O) groups is 3. The van der Waals surface area contributed by atoms with Crippen molar-refractivity contribution in [3.05, 3.63) is 65.7 Å². The highest BCUT2D eigenvalue weighted by molar-refractivity contribution is 7.89. The van der Waals surface area contributed by atoms with Gasteiger partial charge in [-0.05, 0) is 30.5 Å². The number of Topliss-reactive ketones (excluding diaryl/α,β-unsaturated/α-hetero) is 1. The maximum absolute atomic E-state index is 12.6. The average molecular weight is 505 g/mol. The fourth-order valence-corrected chi connectivity index (χ4v) is 4.42. The number of rotatable bonds is 14. The number of nitrogens with one attached hydrogen (secondary N) is 1. The minimum atomic E-state index is -4.03. The first-order chi connectivity index (χ1) is 16.7. The van der Waals surface area contributed by atoms with Crippen LogP contribution in [0.15, 0.2) is 59.5 Å². The Morgan fingerprint density at radius 3 is 2.29 bits per heavy atom. The van der Waals surface area contributed by atoms with E-state index in [1.54, 1.807) is 35.2 Å². The van der Waals surface area contributed by atoms with Crippen LogP contribution in [0.5, 0.6) is 0 Å². The highest BCUT2D eigenvalue weighted by atomic mass is 32.2. The van der Waals surface area contributed by atoms with E-state index >= 15 is 0 Å². The number of sulfonamides is 1. The molecule has 1 unspecified atom stereocenters. The molecule has 1 atom stereocenters. The molecule has 0 bridgehead atoms. The largest absolute Gasteiger partial charge is 0.456 e. The van der Waals surface area contributed by atoms with Gasteiger partial charge in [-0.3, -0.25) is 14.4 Å². The molecule has 0 radical (unpaired) electrons. The Kier molecular flexibility index (Phi) is 11.0. The van der Waals surface area contributed by atoms with E-state index in [9.17, 15) is 27.9 Å². The zero-order chi connectivity index (χ0) is 25.8. The molecular formula is C25H32N2O7S. The summed E-state index contributed by atoms with van der Waals surface area (Å²) < 4.78 is 32.5. The molecule has 35 heavy (non-hydrogen) atoms. The molecule has 0 saturated carbocycles. The van der Waals surface area contributed by atoms with Crippen LogP contribution < -0.4 is 4.72 Å². The summed E-state index contributed by atoms with van der Waals surface area (Å²) in [6.45, 7) is 4.42. The van der Waals surface area contributed by atoms with Crippen LogP contribution in [0, 0.1) is 0 Å². The van der Waals surface area contributed by atoms with E-state index in [1.165, 1.54) is 24.3 Å². The zero-order valence-corrected chi connectivity index (χ0v) is 20.8. The third-order valence-electron chi connectivity index (χ3n) is 5.11. The SMILES string of the molecule is CCCN(CCC)C(=O)COC(=O)CCNS(=O)(=O)c1cccc(C(=O)C(O)c2ccccc2)c1. The Hall–Kier alpha value is -3.08. The minimum absolute atomic E-state index is 0.0332. The van der Waals surface area contributed by atoms with Crippen molar-refractivity contribution in [2.45, 2.75) is 44.1 Å². The molecule has 2 N–H and O–H groups in total. The van der Waals surface area contributed by atoms with Gasteiger partial charge in [0.1, 0.15) is 6.10 Å². The molecule has 0 fully saturated rings.